The Kier molecular flexibility index (Phi) is 4.50. The van der Waals surface area contributed by atoms with E-state index >= 15 is 0 Å². The normalized spacial score (nSPS) is 18.1. The Morgan fingerprint density at radius 2 is 1.74 bits per heavy atom. The van der Waals surface area contributed by atoms with Crippen molar-refractivity contribution in [3.63, 3.8) is 0 Å². The van der Waals surface area contributed by atoms with E-state index in [2.05, 4.69) is 10.3 Å². The van der Waals surface area contributed by atoms with Gasteiger partial charge in [-0.05, 0) is 36.6 Å². The molecule has 2 aliphatic rings. The molecule has 2 fully saturated rings. The molecule has 2 aliphatic heterocycles. The number of urea groups is 1. The van der Waals surface area contributed by atoms with Crippen molar-refractivity contribution >= 4 is 28.7 Å². The van der Waals surface area contributed by atoms with Crippen LogP contribution in [-0.2, 0) is 11.3 Å². The van der Waals surface area contributed by atoms with Crippen molar-refractivity contribution in [2.45, 2.75) is 24.9 Å². The molecule has 4 amide bonds. The number of halogens is 1. The van der Waals surface area contributed by atoms with Gasteiger partial charge in [0.2, 0.25) is 0 Å². The van der Waals surface area contributed by atoms with Crippen LogP contribution in [0.15, 0.2) is 54.7 Å². The van der Waals surface area contributed by atoms with Crippen molar-refractivity contribution in [2.75, 3.05) is 13.1 Å². The highest BCUT2D eigenvalue weighted by Crippen LogP contribution is 2.31. The van der Waals surface area contributed by atoms with E-state index in [0.29, 0.717) is 37.1 Å². The molecule has 1 spiro atoms. The number of rotatable bonds is 3. The van der Waals surface area contributed by atoms with Crippen LogP contribution in [0.3, 0.4) is 0 Å². The zero-order chi connectivity index (χ0) is 21.6. The molecule has 2 aromatic carbocycles. The van der Waals surface area contributed by atoms with Crippen LogP contribution in [0.1, 0.15) is 28.8 Å². The number of amides is 4. The van der Waals surface area contributed by atoms with Gasteiger partial charge < -0.3 is 15.2 Å². The minimum Gasteiger partial charge on any atom is -0.360 e. The van der Waals surface area contributed by atoms with Crippen molar-refractivity contribution in [3.05, 3.63) is 71.7 Å². The fourth-order valence-corrected chi connectivity index (χ4v) is 4.44. The minimum atomic E-state index is -0.992. The number of carbonyl (C=O) groups is 3. The zero-order valence-corrected chi connectivity index (χ0v) is 16.7. The third-order valence-electron chi connectivity index (χ3n) is 6.22. The maximum Gasteiger partial charge on any atom is 0.325 e. The van der Waals surface area contributed by atoms with Crippen LogP contribution in [-0.4, -0.2) is 51.3 Å². The number of likely N-dealkylation sites (tertiary alicyclic amines) is 1. The third-order valence-corrected chi connectivity index (χ3v) is 6.22. The Morgan fingerprint density at radius 1 is 1.03 bits per heavy atom. The first kappa shape index (κ1) is 19.3. The van der Waals surface area contributed by atoms with Crippen molar-refractivity contribution in [1.29, 1.82) is 0 Å². The topological polar surface area (TPSA) is 85.5 Å². The van der Waals surface area contributed by atoms with E-state index < -0.39 is 11.6 Å². The molecule has 3 heterocycles. The summed E-state index contributed by atoms with van der Waals surface area (Å²) in [5.41, 5.74) is 1.18. The molecule has 0 aliphatic carbocycles. The van der Waals surface area contributed by atoms with Gasteiger partial charge in [-0.3, -0.25) is 14.5 Å². The Bertz CT molecular complexity index is 1180. The summed E-state index contributed by atoms with van der Waals surface area (Å²) in [7, 11) is 0. The first-order chi connectivity index (χ1) is 15.0. The van der Waals surface area contributed by atoms with Gasteiger partial charge in [-0.15, -0.1) is 0 Å². The molecule has 3 aromatic rings. The van der Waals surface area contributed by atoms with Gasteiger partial charge in [0.05, 0.1) is 12.1 Å². The van der Waals surface area contributed by atoms with Crippen LogP contribution in [0.2, 0.25) is 0 Å². The number of aromatic nitrogens is 1. The van der Waals surface area contributed by atoms with Crippen molar-refractivity contribution in [3.8, 4) is 0 Å². The number of nitrogens with zero attached hydrogens (tertiary/aromatic N) is 2. The Balaban J connectivity index is 1.29. The van der Waals surface area contributed by atoms with Gasteiger partial charge >= 0.3 is 6.03 Å². The van der Waals surface area contributed by atoms with Gasteiger partial charge in [0, 0.05) is 30.2 Å². The molecule has 2 saturated heterocycles. The average molecular weight is 420 g/mol. The van der Waals surface area contributed by atoms with E-state index in [1.54, 1.807) is 23.2 Å². The van der Waals surface area contributed by atoms with E-state index in [4.69, 9.17) is 0 Å². The van der Waals surface area contributed by atoms with Gasteiger partial charge in [-0.2, -0.15) is 0 Å². The first-order valence-corrected chi connectivity index (χ1v) is 10.2. The van der Waals surface area contributed by atoms with Gasteiger partial charge in [-0.25, -0.2) is 9.18 Å². The second-order valence-corrected chi connectivity index (χ2v) is 8.07. The summed E-state index contributed by atoms with van der Waals surface area (Å²) in [5.74, 6) is -0.752. The third kappa shape index (κ3) is 3.24. The molecule has 2 N–H and O–H groups in total. The number of fused-ring (bicyclic) bond motifs is 1. The summed E-state index contributed by atoms with van der Waals surface area (Å²) in [5, 5.41) is 3.71. The highest BCUT2D eigenvalue weighted by molar-refractivity contribution is 6.08. The molecule has 31 heavy (non-hydrogen) atoms. The molecular weight excluding hydrogens is 399 g/mol. The van der Waals surface area contributed by atoms with Crippen molar-refractivity contribution in [1.82, 2.24) is 20.1 Å². The van der Waals surface area contributed by atoms with E-state index in [1.807, 2.05) is 24.3 Å². The maximum atomic E-state index is 13.1. The molecule has 7 nitrogen and oxygen atoms in total. The summed E-state index contributed by atoms with van der Waals surface area (Å²) in [4.78, 5) is 44.7. The lowest BCUT2D eigenvalue weighted by Gasteiger charge is -2.37. The monoisotopic (exact) mass is 420 g/mol. The predicted molar refractivity (Wildman–Crippen MR) is 112 cm³/mol. The Hall–Kier alpha value is -3.68. The average Bonchev–Trinajstić information content (AvgIpc) is 3.30. The summed E-state index contributed by atoms with van der Waals surface area (Å²) in [6.07, 6.45) is 2.42. The highest BCUT2D eigenvalue weighted by atomic mass is 19.1. The number of para-hydroxylation sites is 1. The number of imide groups is 1. The smallest absolute Gasteiger partial charge is 0.325 e. The predicted octanol–water partition coefficient (Wildman–Crippen LogP) is 3.03. The van der Waals surface area contributed by atoms with Gasteiger partial charge in [0.15, 0.2) is 0 Å². The second-order valence-electron chi connectivity index (χ2n) is 8.07. The lowest BCUT2D eigenvalue weighted by Crippen LogP contribution is -2.55. The Labute approximate surface area is 177 Å². The van der Waals surface area contributed by atoms with E-state index in [1.165, 1.54) is 17.0 Å². The summed E-state index contributed by atoms with van der Waals surface area (Å²) in [6.45, 7) is 0.828. The van der Waals surface area contributed by atoms with Crippen LogP contribution in [0.25, 0.3) is 10.9 Å². The molecule has 158 valence electrons. The molecule has 5 rings (SSSR count). The number of hydrogen-bond donors (Lipinski definition) is 2. The van der Waals surface area contributed by atoms with Gasteiger partial charge in [-0.1, -0.05) is 30.3 Å². The standard InChI is InChI=1S/C23H21FN4O3/c24-16-7-5-15(6-8-16)14-28-21(30)23(26-22(28)31)9-11-27(12-10-23)20(29)18-13-25-19-4-2-1-3-17(18)19/h1-8,13,25H,9-12,14H2,(H,26,31). The van der Waals surface area contributed by atoms with Crippen LogP contribution in [0.5, 0.6) is 0 Å². The van der Waals surface area contributed by atoms with Crippen LogP contribution >= 0.6 is 0 Å². The molecule has 1 aromatic heterocycles. The van der Waals surface area contributed by atoms with Crippen molar-refractivity contribution < 1.29 is 18.8 Å². The number of H-pyrrole nitrogens is 1. The molecule has 0 atom stereocenters. The van der Waals surface area contributed by atoms with E-state index in [9.17, 15) is 18.8 Å². The maximum absolute atomic E-state index is 13.1. The lowest BCUT2D eigenvalue weighted by molar-refractivity contribution is -0.133. The quantitative estimate of drug-likeness (QED) is 0.639. The summed E-state index contributed by atoms with van der Waals surface area (Å²) >= 11 is 0. The van der Waals surface area contributed by atoms with Gasteiger partial charge in [0.1, 0.15) is 11.4 Å². The van der Waals surface area contributed by atoms with Crippen LogP contribution < -0.4 is 5.32 Å². The number of piperidine rings is 1. The number of hydrogen-bond acceptors (Lipinski definition) is 3. The number of carbonyl (C=O) groups excluding carboxylic acids is 3. The Morgan fingerprint density at radius 3 is 2.48 bits per heavy atom. The minimum absolute atomic E-state index is 0.0880. The number of nitrogens with one attached hydrogen (secondary N) is 2. The molecule has 0 radical (unpaired) electrons. The lowest BCUT2D eigenvalue weighted by atomic mass is 9.87. The second kappa shape index (κ2) is 7.23. The molecule has 8 heteroatoms. The molecule has 0 bridgehead atoms. The zero-order valence-electron chi connectivity index (χ0n) is 16.7. The largest absolute Gasteiger partial charge is 0.360 e. The summed E-state index contributed by atoms with van der Waals surface area (Å²) < 4.78 is 13.1. The SMILES string of the molecule is O=C(c1c[nH]c2ccccc12)N1CCC2(CC1)NC(=O)N(Cc1ccc(F)cc1)C2=O. The van der Waals surface area contributed by atoms with Crippen LogP contribution in [0, 0.1) is 5.82 Å². The molecule has 0 unspecified atom stereocenters. The van der Waals surface area contributed by atoms with Gasteiger partial charge in [0.25, 0.3) is 11.8 Å². The van der Waals surface area contributed by atoms with Crippen LogP contribution in [0.4, 0.5) is 9.18 Å². The molecular formula is C23H21FN4O3. The number of aromatic amines is 1. The molecule has 0 saturated carbocycles. The van der Waals surface area contributed by atoms with E-state index in [0.717, 1.165) is 10.9 Å². The van der Waals surface area contributed by atoms with Crippen molar-refractivity contribution in [2.24, 2.45) is 0 Å². The summed E-state index contributed by atoms with van der Waals surface area (Å²) in [6, 6.07) is 12.9. The number of benzene rings is 2. The first-order valence-electron chi connectivity index (χ1n) is 10.2. The fraction of sp³-hybridized carbons (Fsp3) is 0.261. The fourth-order valence-electron chi connectivity index (χ4n) is 4.44. The van der Waals surface area contributed by atoms with E-state index in [-0.39, 0.29) is 24.2 Å². The highest BCUT2D eigenvalue weighted by Gasteiger charge is 2.52.